The van der Waals surface area contributed by atoms with Crippen LogP contribution in [0.5, 0.6) is 0 Å². The molecule has 1 atom stereocenters. The molecule has 2 heterocycles. The summed E-state index contributed by atoms with van der Waals surface area (Å²) < 4.78 is 11.2. The third-order valence-corrected chi connectivity index (χ3v) is 3.43. The molecule has 1 aromatic heterocycles. The molecule has 0 bridgehead atoms. The molecule has 18 heavy (non-hydrogen) atoms. The molecule has 0 spiro atoms. The Hall–Kier alpha value is -0.940. The molecule has 1 saturated carbocycles. The molecule has 0 aromatic carbocycles. The third kappa shape index (κ3) is 2.72. The standard InChI is InChI=1S/C13H21N3O2/c1-9-6-16(8-13(2,3)17-9)7-11-14-12(15-18-11)10-4-5-10/h9-10H,4-8H2,1-3H3. The predicted molar refractivity (Wildman–Crippen MR) is 66.2 cm³/mol. The third-order valence-electron chi connectivity index (χ3n) is 3.43. The lowest BCUT2D eigenvalue weighted by molar-refractivity contribution is -0.132. The van der Waals surface area contributed by atoms with E-state index < -0.39 is 0 Å². The van der Waals surface area contributed by atoms with E-state index in [1.54, 1.807) is 0 Å². The van der Waals surface area contributed by atoms with Crippen LogP contribution in [0.15, 0.2) is 4.52 Å². The van der Waals surface area contributed by atoms with Crippen molar-refractivity contribution in [2.45, 2.75) is 57.8 Å². The van der Waals surface area contributed by atoms with Crippen LogP contribution >= 0.6 is 0 Å². The minimum absolute atomic E-state index is 0.100. The SMILES string of the molecule is CC1CN(Cc2nc(C3CC3)no2)CC(C)(C)O1. The highest BCUT2D eigenvalue weighted by Crippen LogP contribution is 2.38. The smallest absolute Gasteiger partial charge is 0.240 e. The second-order valence-electron chi connectivity index (χ2n) is 6.18. The minimum atomic E-state index is -0.100. The van der Waals surface area contributed by atoms with Gasteiger partial charge in [-0.05, 0) is 33.6 Å². The molecule has 0 radical (unpaired) electrons. The van der Waals surface area contributed by atoms with Gasteiger partial charge in [0.05, 0.1) is 18.2 Å². The van der Waals surface area contributed by atoms with Crippen LogP contribution in [0, 0.1) is 0 Å². The lowest BCUT2D eigenvalue weighted by Gasteiger charge is -2.41. The van der Waals surface area contributed by atoms with E-state index in [-0.39, 0.29) is 11.7 Å². The summed E-state index contributed by atoms with van der Waals surface area (Å²) in [4.78, 5) is 6.81. The van der Waals surface area contributed by atoms with Gasteiger partial charge in [-0.2, -0.15) is 4.98 Å². The fourth-order valence-electron chi connectivity index (χ4n) is 2.74. The highest BCUT2D eigenvalue weighted by molar-refractivity contribution is 5.03. The van der Waals surface area contributed by atoms with Crippen LogP contribution in [-0.2, 0) is 11.3 Å². The summed E-state index contributed by atoms with van der Waals surface area (Å²) >= 11 is 0. The first-order valence-electron chi connectivity index (χ1n) is 6.74. The van der Waals surface area contributed by atoms with Gasteiger partial charge in [-0.25, -0.2) is 0 Å². The van der Waals surface area contributed by atoms with E-state index in [0.717, 1.165) is 31.3 Å². The van der Waals surface area contributed by atoms with Crippen molar-refractivity contribution in [2.24, 2.45) is 0 Å². The quantitative estimate of drug-likeness (QED) is 0.821. The number of ether oxygens (including phenoxy) is 1. The Bertz CT molecular complexity index is 426. The van der Waals surface area contributed by atoms with E-state index >= 15 is 0 Å². The largest absolute Gasteiger partial charge is 0.370 e. The average Bonchev–Trinajstić information content (AvgIpc) is 2.97. The lowest BCUT2D eigenvalue weighted by atomic mass is 10.1. The number of hydrogen-bond acceptors (Lipinski definition) is 5. The van der Waals surface area contributed by atoms with Gasteiger partial charge in [0.15, 0.2) is 5.82 Å². The van der Waals surface area contributed by atoms with Crippen molar-refractivity contribution in [1.82, 2.24) is 15.0 Å². The van der Waals surface area contributed by atoms with Crippen LogP contribution in [0.4, 0.5) is 0 Å². The van der Waals surface area contributed by atoms with Crippen LogP contribution in [-0.4, -0.2) is 39.8 Å². The Morgan fingerprint density at radius 2 is 2.17 bits per heavy atom. The van der Waals surface area contributed by atoms with E-state index in [2.05, 4.69) is 35.8 Å². The summed E-state index contributed by atoms with van der Waals surface area (Å²) in [6.45, 7) is 8.91. The zero-order valence-corrected chi connectivity index (χ0v) is 11.3. The summed E-state index contributed by atoms with van der Waals surface area (Å²) in [7, 11) is 0. The van der Waals surface area contributed by atoms with Gasteiger partial charge in [0.1, 0.15) is 0 Å². The normalized spacial score (nSPS) is 28.5. The summed E-state index contributed by atoms with van der Waals surface area (Å²) in [5, 5.41) is 4.06. The van der Waals surface area contributed by atoms with E-state index in [4.69, 9.17) is 9.26 Å². The van der Waals surface area contributed by atoms with Gasteiger partial charge in [-0.1, -0.05) is 5.16 Å². The lowest BCUT2D eigenvalue weighted by Crippen LogP contribution is -2.51. The molecular weight excluding hydrogens is 230 g/mol. The van der Waals surface area contributed by atoms with Crippen molar-refractivity contribution in [3.05, 3.63) is 11.7 Å². The van der Waals surface area contributed by atoms with Crippen LogP contribution in [0.3, 0.4) is 0 Å². The van der Waals surface area contributed by atoms with Gasteiger partial charge in [0.2, 0.25) is 5.89 Å². The highest BCUT2D eigenvalue weighted by atomic mass is 16.5. The zero-order chi connectivity index (χ0) is 12.8. The highest BCUT2D eigenvalue weighted by Gasteiger charge is 2.33. The van der Waals surface area contributed by atoms with E-state index in [9.17, 15) is 0 Å². The molecule has 5 nitrogen and oxygen atoms in total. The molecular formula is C13H21N3O2. The molecule has 1 aromatic rings. The first kappa shape index (κ1) is 12.1. The van der Waals surface area contributed by atoms with E-state index in [0.29, 0.717) is 5.92 Å². The van der Waals surface area contributed by atoms with Gasteiger partial charge >= 0.3 is 0 Å². The number of hydrogen-bond donors (Lipinski definition) is 0. The summed E-state index contributed by atoms with van der Waals surface area (Å²) in [6.07, 6.45) is 2.67. The Morgan fingerprint density at radius 1 is 1.39 bits per heavy atom. The van der Waals surface area contributed by atoms with Crippen LogP contribution < -0.4 is 0 Å². The minimum Gasteiger partial charge on any atom is -0.370 e. The van der Waals surface area contributed by atoms with E-state index in [1.165, 1.54) is 12.8 Å². The molecule has 0 amide bonds. The number of aromatic nitrogens is 2. The molecule has 1 aliphatic carbocycles. The van der Waals surface area contributed by atoms with Crippen LogP contribution in [0.1, 0.15) is 51.2 Å². The van der Waals surface area contributed by atoms with Crippen molar-refractivity contribution in [3.8, 4) is 0 Å². The molecule has 5 heteroatoms. The van der Waals surface area contributed by atoms with Gasteiger partial charge in [-0.3, -0.25) is 4.90 Å². The fraction of sp³-hybridized carbons (Fsp3) is 0.846. The summed E-state index contributed by atoms with van der Waals surface area (Å²) in [5.41, 5.74) is -0.100. The molecule has 2 aliphatic rings. The van der Waals surface area contributed by atoms with Crippen molar-refractivity contribution in [1.29, 1.82) is 0 Å². The molecule has 2 fully saturated rings. The Morgan fingerprint density at radius 3 is 2.83 bits per heavy atom. The van der Waals surface area contributed by atoms with E-state index in [1.807, 2.05) is 0 Å². The fourth-order valence-corrected chi connectivity index (χ4v) is 2.74. The van der Waals surface area contributed by atoms with Gasteiger partial charge in [0.25, 0.3) is 0 Å². The second-order valence-corrected chi connectivity index (χ2v) is 6.18. The Labute approximate surface area is 107 Å². The molecule has 3 rings (SSSR count). The number of rotatable bonds is 3. The Kier molecular flexibility index (Phi) is 2.90. The predicted octanol–water partition coefficient (Wildman–Crippen LogP) is 1.95. The topological polar surface area (TPSA) is 51.4 Å². The van der Waals surface area contributed by atoms with Gasteiger partial charge in [0, 0.05) is 19.0 Å². The van der Waals surface area contributed by atoms with Crippen molar-refractivity contribution >= 4 is 0 Å². The average molecular weight is 251 g/mol. The maximum atomic E-state index is 5.89. The van der Waals surface area contributed by atoms with Gasteiger partial charge < -0.3 is 9.26 Å². The second kappa shape index (κ2) is 4.31. The zero-order valence-electron chi connectivity index (χ0n) is 11.3. The van der Waals surface area contributed by atoms with Crippen LogP contribution in [0.25, 0.3) is 0 Å². The number of morpholine rings is 1. The van der Waals surface area contributed by atoms with Crippen molar-refractivity contribution < 1.29 is 9.26 Å². The van der Waals surface area contributed by atoms with Crippen molar-refractivity contribution in [3.63, 3.8) is 0 Å². The molecule has 0 N–H and O–H groups in total. The summed E-state index contributed by atoms with van der Waals surface area (Å²) in [5.74, 6) is 2.19. The number of nitrogens with zero attached hydrogens (tertiary/aromatic N) is 3. The Balaban J connectivity index is 1.63. The molecule has 1 unspecified atom stereocenters. The maximum absolute atomic E-state index is 5.89. The van der Waals surface area contributed by atoms with Gasteiger partial charge in [-0.15, -0.1) is 0 Å². The monoisotopic (exact) mass is 251 g/mol. The van der Waals surface area contributed by atoms with Crippen molar-refractivity contribution in [2.75, 3.05) is 13.1 Å². The molecule has 1 saturated heterocycles. The molecule has 1 aliphatic heterocycles. The molecule has 100 valence electrons. The first-order valence-corrected chi connectivity index (χ1v) is 6.74. The maximum Gasteiger partial charge on any atom is 0.240 e. The van der Waals surface area contributed by atoms with Crippen LogP contribution in [0.2, 0.25) is 0 Å². The summed E-state index contributed by atoms with van der Waals surface area (Å²) in [6, 6.07) is 0. The first-order chi connectivity index (χ1) is 8.52.